The summed E-state index contributed by atoms with van der Waals surface area (Å²) in [5.41, 5.74) is -0.00626. The lowest BCUT2D eigenvalue weighted by atomic mass is 9.82. The van der Waals surface area contributed by atoms with E-state index >= 15 is 4.39 Å². The van der Waals surface area contributed by atoms with Gasteiger partial charge in [-0.2, -0.15) is 4.39 Å². The second-order valence-electron chi connectivity index (χ2n) is 10.2. The topological polar surface area (TPSA) is 96.2 Å². The van der Waals surface area contributed by atoms with Gasteiger partial charge in [-0.25, -0.2) is 9.37 Å². The van der Waals surface area contributed by atoms with Crippen LogP contribution in [0.2, 0.25) is 0 Å². The van der Waals surface area contributed by atoms with Crippen LogP contribution in [0.15, 0.2) is 41.3 Å². The van der Waals surface area contributed by atoms with Gasteiger partial charge < -0.3 is 15.3 Å². The van der Waals surface area contributed by atoms with Crippen molar-refractivity contribution in [3.63, 3.8) is 0 Å². The van der Waals surface area contributed by atoms with Crippen molar-refractivity contribution >= 4 is 5.82 Å². The number of halogens is 2. The van der Waals surface area contributed by atoms with Crippen LogP contribution in [-0.4, -0.2) is 55.2 Å². The van der Waals surface area contributed by atoms with Crippen molar-refractivity contribution < 1.29 is 13.9 Å². The second-order valence-corrected chi connectivity index (χ2v) is 10.2. The molecular weight excluding hydrogens is 454 g/mol. The van der Waals surface area contributed by atoms with Crippen molar-refractivity contribution in [1.82, 2.24) is 25.1 Å². The summed E-state index contributed by atoms with van der Waals surface area (Å²) >= 11 is 0. The molecule has 3 aromatic rings. The summed E-state index contributed by atoms with van der Waals surface area (Å²) in [5.74, 6) is -0.168. The van der Waals surface area contributed by atoms with Crippen LogP contribution in [0.1, 0.15) is 33.1 Å². The maximum atomic E-state index is 15.4. The minimum absolute atomic E-state index is 0.115. The molecule has 5 rings (SSSR count). The Balaban J connectivity index is 1.39. The molecule has 1 aromatic carbocycles. The molecule has 2 aromatic heterocycles. The number of benzene rings is 1. The Hall–Kier alpha value is -3.40. The highest BCUT2D eigenvalue weighted by atomic mass is 19.1. The van der Waals surface area contributed by atoms with Crippen LogP contribution in [0.4, 0.5) is 14.6 Å². The Kier molecular flexibility index (Phi) is 5.39. The molecule has 0 unspecified atom stereocenters. The third-order valence-electron chi connectivity index (χ3n) is 7.57. The molecule has 2 aliphatic heterocycles. The lowest BCUT2D eigenvalue weighted by molar-refractivity contribution is 0.0859. The second kappa shape index (κ2) is 8.08. The Labute approximate surface area is 201 Å². The van der Waals surface area contributed by atoms with Gasteiger partial charge in [-0.3, -0.25) is 9.36 Å². The SMILES string of the molecule is CN(c1cnc(-c2ccc(-c3cc(F)n(C)c(=O)c3)cc2O)nn1)[C@@H]1C[C@@]2(C)CC[C@](C)(N2)[C@@H]1F. The van der Waals surface area contributed by atoms with Crippen molar-refractivity contribution in [2.75, 3.05) is 11.9 Å². The van der Waals surface area contributed by atoms with Gasteiger partial charge in [0.2, 0.25) is 0 Å². The van der Waals surface area contributed by atoms with Gasteiger partial charge in [0.05, 0.1) is 17.8 Å². The molecule has 35 heavy (non-hydrogen) atoms. The number of aromatic hydroxyl groups is 1. The molecule has 2 fully saturated rings. The fourth-order valence-electron chi connectivity index (χ4n) is 5.43. The van der Waals surface area contributed by atoms with E-state index in [1.165, 1.54) is 31.4 Å². The summed E-state index contributed by atoms with van der Waals surface area (Å²) in [4.78, 5) is 18.1. The summed E-state index contributed by atoms with van der Waals surface area (Å²) < 4.78 is 30.3. The largest absolute Gasteiger partial charge is 0.507 e. The molecule has 2 saturated heterocycles. The van der Waals surface area contributed by atoms with Crippen molar-refractivity contribution in [2.45, 2.75) is 56.4 Å². The zero-order chi connectivity index (χ0) is 25.1. The average Bonchev–Trinajstić information content (AvgIpc) is 3.11. The smallest absolute Gasteiger partial charge is 0.253 e. The molecule has 4 atom stereocenters. The van der Waals surface area contributed by atoms with Crippen LogP contribution in [0.3, 0.4) is 0 Å². The van der Waals surface area contributed by atoms with Gasteiger partial charge >= 0.3 is 0 Å². The number of hydrogen-bond donors (Lipinski definition) is 2. The summed E-state index contributed by atoms with van der Waals surface area (Å²) in [7, 11) is 3.15. The van der Waals surface area contributed by atoms with Crippen LogP contribution in [0, 0.1) is 5.95 Å². The van der Waals surface area contributed by atoms with E-state index in [9.17, 15) is 14.3 Å². The zero-order valence-corrected chi connectivity index (χ0v) is 20.1. The van der Waals surface area contributed by atoms with E-state index in [4.69, 9.17) is 0 Å². The highest BCUT2D eigenvalue weighted by Gasteiger charge is 2.56. The minimum atomic E-state index is -1.07. The quantitative estimate of drug-likeness (QED) is 0.552. The normalized spacial score (nSPS) is 27.7. The van der Waals surface area contributed by atoms with E-state index in [1.807, 2.05) is 6.92 Å². The highest BCUT2D eigenvalue weighted by molar-refractivity contribution is 5.72. The first-order valence-corrected chi connectivity index (χ1v) is 11.6. The Morgan fingerprint density at radius 3 is 2.60 bits per heavy atom. The zero-order valence-electron chi connectivity index (χ0n) is 20.1. The van der Waals surface area contributed by atoms with E-state index in [2.05, 4.69) is 27.4 Å². The van der Waals surface area contributed by atoms with Crippen LogP contribution in [0.5, 0.6) is 5.75 Å². The number of anilines is 1. The lowest BCUT2D eigenvalue weighted by Crippen LogP contribution is -2.65. The maximum Gasteiger partial charge on any atom is 0.253 e. The van der Waals surface area contributed by atoms with E-state index in [1.54, 1.807) is 24.1 Å². The molecule has 0 spiro atoms. The number of pyridine rings is 1. The third kappa shape index (κ3) is 3.95. The van der Waals surface area contributed by atoms with Crippen LogP contribution >= 0.6 is 0 Å². The predicted octanol–water partition coefficient (Wildman–Crippen LogP) is 3.20. The van der Waals surface area contributed by atoms with E-state index in [0.717, 1.165) is 17.4 Å². The summed E-state index contributed by atoms with van der Waals surface area (Å²) in [6, 6.07) is 6.82. The number of alkyl halides is 1. The number of hydrogen-bond acceptors (Lipinski definition) is 7. The van der Waals surface area contributed by atoms with Crippen LogP contribution in [0.25, 0.3) is 22.5 Å². The van der Waals surface area contributed by atoms with E-state index in [0.29, 0.717) is 28.9 Å². The van der Waals surface area contributed by atoms with Gasteiger partial charge in [-0.05, 0) is 62.4 Å². The molecule has 0 saturated carbocycles. The number of phenols is 1. The molecule has 2 N–H and O–H groups in total. The number of phenolic OH excluding ortho intramolecular Hbond substituents is 1. The lowest BCUT2D eigenvalue weighted by Gasteiger charge is -2.47. The molecule has 2 aliphatic rings. The van der Waals surface area contributed by atoms with Gasteiger partial charge in [0.15, 0.2) is 17.6 Å². The summed E-state index contributed by atoms with van der Waals surface area (Å²) in [5, 5.41) is 22.5. The Morgan fingerprint density at radius 2 is 1.94 bits per heavy atom. The van der Waals surface area contributed by atoms with Crippen molar-refractivity contribution in [2.24, 2.45) is 7.05 Å². The number of nitrogens with one attached hydrogen (secondary N) is 1. The minimum Gasteiger partial charge on any atom is -0.507 e. The third-order valence-corrected chi connectivity index (χ3v) is 7.57. The number of fused-ring (bicyclic) bond motifs is 2. The molecule has 2 bridgehead atoms. The average molecular weight is 483 g/mol. The van der Waals surface area contributed by atoms with E-state index in [-0.39, 0.29) is 23.2 Å². The maximum absolute atomic E-state index is 15.4. The first kappa shape index (κ1) is 23.3. The first-order chi connectivity index (χ1) is 16.5. The highest BCUT2D eigenvalue weighted by Crippen LogP contribution is 2.45. The molecule has 0 radical (unpaired) electrons. The molecule has 10 heteroatoms. The predicted molar refractivity (Wildman–Crippen MR) is 128 cm³/mol. The molecule has 0 amide bonds. The molecule has 0 aliphatic carbocycles. The van der Waals surface area contributed by atoms with Gasteiger partial charge in [-0.15, -0.1) is 10.2 Å². The number of nitrogens with zero attached hydrogens (tertiary/aromatic N) is 5. The van der Waals surface area contributed by atoms with Gasteiger partial charge in [-0.1, -0.05) is 6.07 Å². The van der Waals surface area contributed by atoms with Gasteiger partial charge in [0.1, 0.15) is 11.9 Å². The molecule has 8 nitrogen and oxygen atoms in total. The van der Waals surface area contributed by atoms with Crippen molar-refractivity contribution in [3.05, 3.63) is 52.8 Å². The molecular formula is C25H28F2N6O2. The van der Waals surface area contributed by atoms with Crippen LogP contribution < -0.4 is 15.8 Å². The fraction of sp³-hybridized carbons (Fsp3) is 0.440. The Bertz CT molecular complexity index is 1350. The van der Waals surface area contributed by atoms with Gasteiger partial charge in [0.25, 0.3) is 5.56 Å². The van der Waals surface area contributed by atoms with E-state index < -0.39 is 23.2 Å². The first-order valence-electron chi connectivity index (χ1n) is 11.6. The van der Waals surface area contributed by atoms with Crippen molar-refractivity contribution in [3.8, 4) is 28.3 Å². The monoisotopic (exact) mass is 482 g/mol. The number of piperidine rings is 1. The summed E-state index contributed by atoms with van der Waals surface area (Å²) in [6.45, 7) is 4.07. The molecule has 4 heterocycles. The fourth-order valence-corrected chi connectivity index (χ4v) is 5.43. The molecule has 184 valence electrons. The van der Waals surface area contributed by atoms with Crippen molar-refractivity contribution in [1.29, 1.82) is 0 Å². The summed E-state index contributed by atoms with van der Waals surface area (Å²) in [6.07, 6.45) is 2.82. The number of aromatic nitrogens is 4. The standard InChI is InChI=1S/C25H28F2N6O2/c1-24-7-8-25(2,31-24)22(27)17(12-24)32(3)20-13-28-23(30-29-20)16-6-5-14(9-18(16)34)15-10-19(26)33(4)21(35)11-15/h5-6,9-11,13,17,22,31,34H,7-8,12H2,1-4H3/t17-,22-,24-,25+/m1/s1. The van der Waals surface area contributed by atoms with Gasteiger partial charge in [0, 0.05) is 31.2 Å². The number of rotatable bonds is 4. The van der Waals surface area contributed by atoms with Crippen LogP contribution in [-0.2, 0) is 7.05 Å². The Morgan fingerprint density at radius 1 is 1.17 bits per heavy atom.